The number of aryl methyl sites for hydroxylation is 1. The van der Waals surface area contributed by atoms with E-state index < -0.39 is 0 Å². The van der Waals surface area contributed by atoms with Crippen LogP contribution in [0.25, 0.3) is 11.5 Å². The van der Waals surface area contributed by atoms with Gasteiger partial charge in [-0.25, -0.2) is 4.98 Å². The summed E-state index contributed by atoms with van der Waals surface area (Å²) in [4.78, 5) is 22.9. The van der Waals surface area contributed by atoms with Crippen LogP contribution in [0.15, 0.2) is 39.9 Å². The molecule has 3 rings (SSSR count). The van der Waals surface area contributed by atoms with Crippen molar-refractivity contribution < 1.29 is 13.9 Å². The average Bonchev–Trinajstić information content (AvgIpc) is 3.32. The van der Waals surface area contributed by atoms with Crippen LogP contribution < -0.4 is 5.32 Å². The van der Waals surface area contributed by atoms with E-state index in [0.29, 0.717) is 19.0 Å². The molecule has 1 aromatic heterocycles. The first kappa shape index (κ1) is 19.9. The van der Waals surface area contributed by atoms with E-state index in [1.165, 1.54) is 12.7 Å². The first-order valence-corrected chi connectivity index (χ1v) is 9.56. The van der Waals surface area contributed by atoms with Gasteiger partial charge in [0, 0.05) is 38.7 Å². The molecule has 0 aliphatic carbocycles. The monoisotopic (exact) mass is 384 g/mol. The molecular weight excluding hydrogens is 356 g/mol. The summed E-state index contributed by atoms with van der Waals surface area (Å²) in [6.45, 7) is 6.20. The molecule has 1 N–H and O–H groups in total. The molecule has 0 amide bonds. The smallest absolute Gasteiger partial charge is 0.310 e. The number of aromatic nitrogens is 1. The lowest BCUT2D eigenvalue weighted by Crippen LogP contribution is -2.41. The van der Waals surface area contributed by atoms with E-state index in [2.05, 4.69) is 34.0 Å². The van der Waals surface area contributed by atoms with Crippen molar-refractivity contribution in [2.75, 3.05) is 33.8 Å². The Kier molecular flexibility index (Phi) is 6.34. The van der Waals surface area contributed by atoms with Gasteiger partial charge >= 0.3 is 5.97 Å². The highest BCUT2D eigenvalue weighted by Crippen LogP contribution is 2.24. The van der Waals surface area contributed by atoms with Gasteiger partial charge in [0.1, 0.15) is 6.26 Å². The van der Waals surface area contributed by atoms with Gasteiger partial charge in [0.15, 0.2) is 5.96 Å². The number of guanidine groups is 1. The number of oxazole rings is 1. The predicted octanol–water partition coefficient (Wildman–Crippen LogP) is 2.51. The number of nitrogens with one attached hydrogen (secondary N) is 1. The van der Waals surface area contributed by atoms with Crippen LogP contribution in [0.3, 0.4) is 0 Å². The number of hydrogen-bond donors (Lipinski definition) is 1. The van der Waals surface area contributed by atoms with Crippen molar-refractivity contribution in [3.63, 3.8) is 0 Å². The van der Waals surface area contributed by atoms with Crippen LogP contribution in [0.4, 0.5) is 0 Å². The van der Waals surface area contributed by atoms with Crippen molar-refractivity contribution in [1.29, 1.82) is 0 Å². The van der Waals surface area contributed by atoms with E-state index in [4.69, 9.17) is 9.15 Å². The molecule has 2 heterocycles. The number of esters is 1. The molecule has 1 aliphatic rings. The fourth-order valence-electron chi connectivity index (χ4n) is 3.48. The Morgan fingerprint density at radius 3 is 2.79 bits per heavy atom. The van der Waals surface area contributed by atoms with Gasteiger partial charge in [-0.05, 0) is 25.0 Å². The second-order valence-corrected chi connectivity index (χ2v) is 7.25. The maximum Gasteiger partial charge on any atom is 0.310 e. The first-order valence-electron chi connectivity index (χ1n) is 9.56. The minimum absolute atomic E-state index is 0.115. The minimum Gasteiger partial charge on any atom is -0.469 e. The number of nitrogens with zero attached hydrogens (tertiary/aromatic N) is 3. The van der Waals surface area contributed by atoms with Crippen LogP contribution in [-0.4, -0.2) is 55.6 Å². The second kappa shape index (κ2) is 8.91. The lowest BCUT2D eigenvalue weighted by molar-refractivity contribution is -0.145. The number of ether oxygens (including phenoxy) is 1. The topological polar surface area (TPSA) is 80.0 Å². The number of aliphatic imine (C=N–C) groups is 1. The molecule has 2 aromatic rings. The zero-order valence-electron chi connectivity index (χ0n) is 16.9. The summed E-state index contributed by atoms with van der Waals surface area (Å²) in [5.41, 5.74) is 3.07. The summed E-state index contributed by atoms with van der Waals surface area (Å²) in [5.74, 6) is 1.39. The van der Waals surface area contributed by atoms with Crippen LogP contribution in [0.1, 0.15) is 18.2 Å². The molecule has 0 saturated carbocycles. The summed E-state index contributed by atoms with van der Waals surface area (Å²) in [6.07, 6.45) is 2.42. The van der Waals surface area contributed by atoms with Gasteiger partial charge in [0.2, 0.25) is 5.89 Å². The molecule has 2 unspecified atom stereocenters. The first-order chi connectivity index (χ1) is 13.5. The fraction of sp³-hybridized carbons (Fsp3) is 0.476. The standard InChI is InChI=1S/C21H28N4O3/c1-14-5-7-16(8-6-14)19-24-17(13-28-19)9-10-23-21(22-3)25-11-15(2)18(12-25)20(26)27-4/h5-8,13,15,18H,9-12H2,1-4H3,(H,22,23). The van der Waals surface area contributed by atoms with Crippen LogP contribution in [0.5, 0.6) is 0 Å². The highest BCUT2D eigenvalue weighted by Gasteiger charge is 2.36. The predicted molar refractivity (Wildman–Crippen MR) is 108 cm³/mol. The summed E-state index contributed by atoms with van der Waals surface area (Å²) in [6, 6.07) is 8.11. The van der Waals surface area contributed by atoms with Gasteiger partial charge in [-0.3, -0.25) is 9.79 Å². The third-order valence-corrected chi connectivity index (χ3v) is 5.14. The van der Waals surface area contributed by atoms with Crippen LogP contribution in [-0.2, 0) is 16.0 Å². The zero-order chi connectivity index (χ0) is 20.1. The van der Waals surface area contributed by atoms with E-state index in [0.717, 1.165) is 30.2 Å². The molecule has 2 atom stereocenters. The zero-order valence-corrected chi connectivity index (χ0v) is 16.9. The maximum absolute atomic E-state index is 11.9. The Bertz CT molecular complexity index is 828. The van der Waals surface area contributed by atoms with Crippen molar-refractivity contribution in [2.45, 2.75) is 20.3 Å². The molecule has 1 saturated heterocycles. The maximum atomic E-state index is 11.9. The Hall–Kier alpha value is -2.83. The van der Waals surface area contributed by atoms with Crippen molar-refractivity contribution in [3.05, 3.63) is 41.8 Å². The number of rotatable bonds is 5. The SMILES string of the molecule is CN=C(NCCc1coc(-c2ccc(C)cc2)n1)N1CC(C)C(C(=O)OC)C1. The number of carbonyl (C=O) groups is 1. The van der Waals surface area contributed by atoms with Gasteiger partial charge in [0.25, 0.3) is 0 Å². The molecule has 1 fully saturated rings. The molecule has 0 radical (unpaired) electrons. The van der Waals surface area contributed by atoms with Crippen LogP contribution in [0.2, 0.25) is 0 Å². The van der Waals surface area contributed by atoms with Crippen molar-refractivity contribution in [2.24, 2.45) is 16.8 Å². The lowest BCUT2D eigenvalue weighted by Gasteiger charge is -2.21. The Balaban J connectivity index is 1.53. The molecule has 7 nitrogen and oxygen atoms in total. The van der Waals surface area contributed by atoms with E-state index in [9.17, 15) is 4.79 Å². The number of benzene rings is 1. The summed E-state index contributed by atoms with van der Waals surface area (Å²) in [5, 5.41) is 3.36. The van der Waals surface area contributed by atoms with E-state index >= 15 is 0 Å². The van der Waals surface area contributed by atoms with E-state index in [-0.39, 0.29) is 17.8 Å². The quantitative estimate of drug-likeness (QED) is 0.485. The molecular formula is C21H28N4O3. The average molecular weight is 384 g/mol. The van der Waals surface area contributed by atoms with Crippen LogP contribution >= 0.6 is 0 Å². The number of carbonyl (C=O) groups excluding carboxylic acids is 1. The van der Waals surface area contributed by atoms with Crippen molar-refractivity contribution in [3.8, 4) is 11.5 Å². The summed E-state index contributed by atoms with van der Waals surface area (Å²) in [7, 11) is 3.19. The fourth-order valence-corrected chi connectivity index (χ4v) is 3.48. The van der Waals surface area contributed by atoms with Gasteiger partial charge < -0.3 is 19.4 Å². The molecule has 0 bridgehead atoms. The largest absolute Gasteiger partial charge is 0.469 e. The molecule has 0 spiro atoms. The minimum atomic E-state index is -0.156. The number of likely N-dealkylation sites (tertiary alicyclic amines) is 1. The third kappa shape index (κ3) is 4.52. The van der Waals surface area contributed by atoms with Gasteiger partial charge in [0.05, 0.1) is 18.7 Å². The third-order valence-electron chi connectivity index (χ3n) is 5.14. The summed E-state index contributed by atoms with van der Waals surface area (Å²) >= 11 is 0. The summed E-state index contributed by atoms with van der Waals surface area (Å²) < 4.78 is 10.5. The van der Waals surface area contributed by atoms with E-state index in [1.807, 2.05) is 24.3 Å². The number of methoxy groups -OCH3 is 1. The molecule has 150 valence electrons. The molecule has 7 heteroatoms. The highest BCUT2D eigenvalue weighted by atomic mass is 16.5. The Morgan fingerprint density at radius 1 is 1.36 bits per heavy atom. The van der Waals surface area contributed by atoms with E-state index in [1.54, 1.807) is 13.3 Å². The Labute approximate surface area is 165 Å². The highest BCUT2D eigenvalue weighted by molar-refractivity contribution is 5.82. The molecule has 1 aliphatic heterocycles. The van der Waals surface area contributed by atoms with Gasteiger partial charge in [-0.15, -0.1) is 0 Å². The van der Waals surface area contributed by atoms with Gasteiger partial charge in [-0.1, -0.05) is 24.6 Å². The second-order valence-electron chi connectivity index (χ2n) is 7.25. The molecule has 28 heavy (non-hydrogen) atoms. The Morgan fingerprint density at radius 2 is 2.11 bits per heavy atom. The van der Waals surface area contributed by atoms with Gasteiger partial charge in [-0.2, -0.15) is 0 Å². The van der Waals surface area contributed by atoms with Crippen LogP contribution in [0, 0.1) is 18.8 Å². The lowest BCUT2D eigenvalue weighted by atomic mass is 9.99. The number of hydrogen-bond acceptors (Lipinski definition) is 5. The normalized spacial score (nSPS) is 19.7. The van der Waals surface area contributed by atoms with Crippen molar-refractivity contribution in [1.82, 2.24) is 15.2 Å². The van der Waals surface area contributed by atoms with Crippen molar-refractivity contribution >= 4 is 11.9 Å². The molecule has 1 aromatic carbocycles.